The Hall–Kier alpha value is -0.610. The number of aliphatic hydroxyl groups is 1. The molecule has 0 aliphatic carbocycles. The summed E-state index contributed by atoms with van der Waals surface area (Å²) in [4.78, 5) is 13.4. The molecule has 0 bridgehead atoms. The summed E-state index contributed by atoms with van der Waals surface area (Å²) in [6.07, 6.45) is 0. The van der Waals surface area contributed by atoms with Crippen LogP contribution in [0.3, 0.4) is 0 Å². The maximum absolute atomic E-state index is 11.6. The van der Waals surface area contributed by atoms with Crippen molar-refractivity contribution in [1.29, 1.82) is 0 Å². The lowest BCUT2D eigenvalue weighted by molar-refractivity contribution is -0.139. The van der Waals surface area contributed by atoms with E-state index < -0.39 is 6.04 Å². The van der Waals surface area contributed by atoms with Gasteiger partial charge in [-0.1, -0.05) is 0 Å². The Balaban J connectivity index is 2.74. The van der Waals surface area contributed by atoms with Crippen LogP contribution in [0.25, 0.3) is 0 Å². The lowest BCUT2D eigenvalue weighted by atomic mass is 9.98. The van der Waals surface area contributed by atoms with Crippen molar-refractivity contribution in [3.8, 4) is 0 Å². The monoisotopic (exact) mass is 186 g/mol. The molecule has 0 saturated carbocycles. The first-order chi connectivity index (χ1) is 6.00. The van der Waals surface area contributed by atoms with Crippen LogP contribution >= 0.6 is 0 Å². The van der Waals surface area contributed by atoms with Crippen LogP contribution in [-0.4, -0.2) is 47.2 Å². The Kier molecular flexibility index (Phi) is 2.93. The average molecular weight is 186 g/mol. The van der Waals surface area contributed by atoms with Gasteiger partial charge < -0.3 is 10.0 Å². The van der Waals surface area contributed by atoms with E-state index in [9.17, 15) is 4.79 Å². The van der Waals surface area contributed by atoms with Gasteiger partial charge in [-0.25, -0.2) is 0 Å². The zero-order valence-electron chi connectivity index (χ0n) is 8.50. The summed E-state index contributed by atoms with van der Waals surface area (Å²) >= 11 is 0. The second-order valence-corrected chi connectivity index (χ2v) is 4.12. The molecule has 1 unspecified atom stereocenters. The average Bonchev–Trinajstić information content (AvgIpc) is 2.08. The summed E-state index contributed by atoms with van der Waals surface area (Å²) in [6.45, 7) is 7.31. The van der Waals surface area contributed by atoms with Gasteiger partial charge in [-0.05, 0) is 20.8 Å². The summed E-state index contributed by atoms with van der Waals surface area (Å²) in [7, 11) is 0. The van der Waals surface area contributed by atoms with Crippen molar-refractivity contribution >= 4 is 5.91 Å². The summed E-state index contributed by atoms with van der Waals surface area (Å²) in [5, 5.41) is 12.1. The number of nitrogens with one attached hydrogen (secondary N) is 1. The smallest absolute Gasteiger partial charge is 0.242 e. The molecule has 1 rings (SSSR count). The van der Waals surface area contributed by atoms with Gasteiger partial charge in [0.1, 0.15) is 6.04 Å². The molecule has 4 heteroatoms. The number of hydrogen-bond acceptors (Lipinski definition) is 3. The van der Waals surface area contributed by atoms with Gasteiger partial charge in [0.2, 0.25) is 5.91 Å². The van der Waals surface area contributed by atoms with E-state index in [1.807, 2.05) is 20.8 Å². The molecule has 4 nitrogen and oxygen atoms in total. The molecule has 2 N–H and O–H groups in total. The molecule has 1 saturated heterocycles. The quantitative estimate of drug-likeness (QED) is 0.615. The van der Waals surface area contributed by atoms with E-state index in [-0.39, 0.29) is 18.1 Å². The Bertz CT molecular complexity index is 186. The second-order valence-electron chi connectivity index (χ2n) is 4.12. The highest BCUT2D eigenvalue weighted by molar-refractivity contribution is 5.83. The fourth-order valence-electron chi connectivity index (χ4n) is 1.75. The highest BCUT2D eigenvalue weighted by Gasteiger charge is 2.36. The van der Waals surface area contributed by atoms with Gasteiger partial charge in [0.05, 0.1) is 6.61 Å². The molecular weight excluding hydrogens is 168 g/mol. The largest absolute Gasteiger partial charge is 0.394 e. The highest BCUT2D eigenvalue weighted by atomic mass is 16.3. The number of carbonyl (C=O) groups excluding carboxylic acids is 1. The van der Waals surface area contributed by atoms with Gasteiger partial charge in [-0.3, -0.25) is 10.1 Å². The van der Waals surface area contributed by atoms with E-state index in [0.29, 0.717) is 13.1 Å². The minimum Gasteiger partial charge on any atom is -0.394 e. The first-order valence-corrected chi connectivity index (χ1v) is 4.67. The van der Waals surface area contributed by atoms with Crippen LogP contribution in [0.5, 0.6) is 0 Å². The van der Waals surface area contributed by atoms with Crippen molar-refractivity contribution in [2.24, 2.45) is 0 Å². The van der Waals surface area contributed by atoms with Gasteiger partial charge in [0, 0.05) is 18.6 Å². The molecule has 0 aromatic carbocycles. The van der Waals surface area contributed by atoms with Crippen LogP contribution in [0.4, 0.5) is 0 Å². The van der Waals surface area contributed by atoms with Crippen molar-refractivity contribution in [2.75, 3.05) is 19.7 Å². The van der Waals surface area contributed by atoms with Crippen LogP contribution in [0, 0.1) is 0 Å². The topological polar surface area (TPSA) is 52.6 Å². The number of rotatable bonds is 2. The normalized spacial score (nSPS) is 27.8. The molecule has 1 atom stereocenters. The Labute approximate surface area is 78.9 Å². The Morgan fingerprint density at radius 2 is 2.31 bits per heavy atom. The van der Waals surface area contributed by atoms with E-state index in [2.05, 4.69) is 5.32 Å². The molecule has 1 fully saturated rings. The number of carbonyl (C=O) groups is 1. The molecular formula is C9H18N2O2. The lowest BCUT2D eigenvalue weighted by Gasteiger charge is -2.42. The van der Waals surface area contributed by atoms with Gasteiger partial charge in [-0.15, -0.1) is 0 Å². The van der Waals surface area contributed by atoms with Crippen LogP contribution in [0.1, 0.15) is 20.8 Å². The summed E-state index contributed by atoms with van der Waals surface area (Å²) < 4.78 is 0. The molecule has 0 radical (unpaired) electrons. The fourth-order valence-corrected chi connectivity index (χ4v) is 1.75. The van der Waals surface area contributed by atoms with Crippen LogP contribution < -0.4 is 5.32 Å². The van der Waals surface area contributed by atoms with Crippen molar-refractivity contribution in [3.63, 3.8) is 0 Å². The van der Waals surface area contributed by atoms with E-state index in [4.69, 9.17) is 5.11 Å². The summed E-state index contributed by atoms with van der Waals surface area (Å²) in [5.74, 6) is 0.00400. The van der Waals surface area contributed by atoms with Gasteiger partial charge in [-0.2, -0.15) is 0 Å². The summed E-state index contributed by atoms with van der Waals surface area (Å²) in [5.41, 5.74) is -0.0999. The van der Waals surface area contributed by atoms with Crippen molar-refractivity contribution in [3.05, 3.63) is 0 Å². The molecule has 1 heterocycles. The number of amides is 1. The van der Waals surface area contributed by atoms with Crippen LogP contribution in [-0.2, 0) is 4.79 Å². The van der Waals surface area contributed by atoms with Crippen LogP contribution in [0.2, 0.25) is 0 Å². The van der Waals surface area contributed by atoms with Gasteiger partial charge in [0.15, 0.2) is 0 Å². The molecule has 76 valence electrons. The molecule has 1 amide bonds. The second kappa shape index (κ2) is 3.64. The van der Waals surface area contributed by atoms with Crippen molar-refractivity contribution in [1.82, 2.24) is 10.2 Å². The minimum atomic E-state index is -0.427. The molecule has 13 heavy (non-hydrogen) atoms. The minimum absolute atomic E-state index is 0.00400. The van der Waals surface area contributed by atoms with E-state index in [1.54, 1.807) is 4.90 Å². The number of aliphatic hydroxyl groups excluding tert-OH is 1. The van der Waals surface area contributed by atoms with Crippen molar-refractivity contribution < 1.29 is 9.90 Å². The first-order valence-electron chi connectivity index (χ1n) is 4.67. The van der Waals surface area contributed by atoms with Crippen molar-refractivity contribution in [2.45, 2.75) is 32.4 Å². The van der Waals surface area contributed by atoms with Gasteiger partial charge in [0.25, 0.3) is 0 Å². The molecule has 0 aromatic rings. The number of hydrogen-bond donors (Lipinski definition) is 2. The highest BCUT2D eigenvalue weighted by Crippen LogP contribution is 2.14. The Morgan fingerprint density at radius 1 is 1.69 bits per heavy atom. The van der Waals surface area contributed by atoms with Crippen LogP contribution in [0.15, 0.2) is 0 Å². The number of piperazine rings is 1. The first kappa shape index (κ1) is 10.5. The van der Waals surface area contributed by atoms with E-state index >= 15 is 0 Å². The third kappa shape index (κ3) is 2.19. The van der Waals surface area contributed by atoms with E-state index in [0.717, 1.165) is 0 Å². The third-order valence-corrected chi connectivity index (χ3v) is 2.33. The third-order valence-electron chi connectivity index (χ3n) is 2.33. The predicted octanol–water partition coefficient (Wildman–Crippen LogP) is -0.422. The van der Waals surface area contributed by atoms with E-state index in [1.165, 1.54) is 0 Å². The summed E-state index contributed by atoms with van der Waals surface area (Å²) in [6, 6.07) is -0.427. The zero-order valence-corrected chi connectivity index (χ0v) is 8.50. The maximum Gasteiger partial charge on any atom is 0.242 e. The molecule has 1 aliphatic heterocycles. The molecule has 0 aromatic heterocycles. The predicted molar refractivity (Wildman–Crippen MR) is 50.3 cm³/mol. The number of nitrogens with zero attached hydrogens (tertiary/aromatic N) is 1. The maximum atomic E-state index is 11.6. The number of likely N-dealkylation sites (N-methyl/N-ethyl adjacent to an activating group) is 1. The zero-order chi connectivity index (χ0) is 10.1. The van der Waals surface area contributed by atoms with Gasteiger partial charge >= 0.3 is 0 Å². The molecule has 1 aliphatic rings. The fraction of sp³-hybridized carbons (Fsp3) is 0.889. The Morgan fingerprint density at radius 3 is 2.77 bits per heavy atom. The lowest BCUT2D eigenvalue weighted by Crippen LogP contribution is -2.65. The molecule has 0 spiro atoms. The SMILES string of the molecule is CCN1CC(C)(C)NC(CO)C1=O. The standard InChI is InChI=1S/C9H18N2O2/c1-4-11-6-9(2,3)10-7(5-12)8(11)13/h7,10,12H,4-6H2,1-3H3.